The fourth-order valence-corrected chi connectivity index (χ4v) is 4.25. The van der Waals surface area contributed by atoms with Gasteiger partial charge in [0.2, 0.25) is 11.8 Å². The molecule has 13 heteroatoms. The zero-order valence-corrected chi connectivity index (χ0v) is 20.5. The van der Waals surface area contributed by atoms with Crippen LogP contribution in [0.4, 0.5) is 14.9 Å². The van der Waals surface area contributed by atoms with Crippen LogP contribution in [0.1, 0.15) is 47.3 Å². The zero-order chi connectivity index (χ0) is 27.3. The van der Waals surface area contributed by atoms with Gasteiger partial charge < -0.3 is 15.7 Å². The lowest BCUT2D eigenvalue weighted by atomic mass is 9.97. The third-order valence-electron chi connectivity index (χ3n) is 5.91. The van der Waals surface area contributed by atoms with E-state index in [1.54, 1.807) is 6.92 Å². The van der Waals surface area contributed by atoms with Crippen molar-refractivity contribution in [3.63, 3.8) is 0 Å². The van der Waals surface area contributed by atoms with Gasteiger partial charge in [0.15, 0.2) is 0 Å². The molecular formula is C24H24ClFN4O7. The van der Waals surface area contributed by atoms with Crippen molar-refractivity contribution in [3.05, 3.63) is 74.0 Å². The molecule has 3 N–H and O–H groups in total. The molecule has 1 fully saturated rings. The van der Waals surface area contributed by atoms with Gasteiger partial charge >= 0.3 is 12.0 Å². The van der Waals surface area contributed by atoms with E-state index in [9.17, 15) is 38.8 Å². The quantitative estimate of drug-likeness (QED) is 0.345. The summed E-state index contributed by atoms with van der Waals surface area (Å²) in [6, 6.07) is 5.63. The maximum absolute atomic E-state index is 14.3. The fourth-order valence-electron chi connectivity index (χ4n) is 4.05. The van der Waals surface area contributed by atoms with Gasteiger partial charge in [-0.15, -0.1) is 0 Å². The molecule has 1 aliphatic rings. The van der Waals surface area contributed by atoms with E-state index < -0.39 is 64.3 Å². The minimum atomic E-state index is -1.47. The Bertz CT molecular complexity index is 1260. The largest absolute Gasteiger partial charge is 0.477 e. The summed E-state index contributed by atoms with van der Waals surface area (Å²) in [6.45, 7) is 1.12. The molecule has 1 saturated heterocycles. The van der Waals surface area contributed by atoms with Crippen molar-refractivity contribution in [2.24, 2.45) is 5.92 Å². The topological polar surface area (TPSA) is 159 Å². The number of benzene rings is 2. The highest BCUT2D eigenvalue weighted by molar-refractivity contribution is 6.30. The van der Waals surface area contributed by atoms with E-state index in [4.69, 9.17) is 11.6 Å². The van der Waals surface area contributed by atoms with Crippen molar-refractivity contribution < 1.29 is 33.6 Å². The number of amides is 4. The Balaban J connectivity index is 1.86. The molecule has 3 rings (SSSR count). The van der Waals surface area contributed by atoms with Crippen molar-refractivity contribution in [2.75, 3.05) is 13.1 Å². The molecule has 0 radical (unpaired) electrons. The summed E-state index contributed by atoms with van der Waals surface area (Å²) >= 11 is 5.94. The molecule has 1 heterocycles. The zero-order valence-electron chi connectivity index (χ0n) is 19.7. The van der Waals surface area contributed by atoms with E-state index in [-0.39, 0.29) is 29.1 Å². The first-order valence-corrected chi connectivity index (χ1v) is 11.7. The second-order valence-electron chi connectivity index (χ2n) is 8.49. The monoisotopic (exact) mass is 534 g/mol. The summed E-state index contributed by atoms with van der Waals surface area (Å²) in [5, 5.41) is 26.1. The van der Waals surface area contributed by atoms with E-state index in [0.717, 1.165) is 23.1 Å². The van der Waals surface area contributed by atoms with Crippen LogP contribution in [0.15, 0.2) is 36.4 Å². The summed E-state index contributed by atoms with van der Waals surface area (Å²) in [4.78, 5) is 61.3. The Labute approximate surface area is 215 Å². The second kappa shape index (κ2) is 11.8. The van der Waals surface area contributed by atoms with Crippen LogP contribution in [-0.4, -0.2) is 51.8 Å². The van der Waals surface area contributed by atoms with Gasteiger partial charge in [-0.05, 0) is 48.2 Å². The molecule has 0 bridgehead atoms. The van der Waals surface area contributed by atoms with Gasteiger partial charge in [0.25, 0.3) is 5.69 Å². The molecule has 2 aromatic rings. The van der Waals surface area contributed by atoms with E-state index in [2.05, 4.69) is 10.6 Å². The number of hydrogen-bond acceptors (Lipinski definition) is 6. The van der Waals surface area contributed by atoms with Gasteiger partial charge in [-0.1, -0.05) is 31.0 Å². The van der Waals surface area contributed by atoms with Crippen LogP contribution in [0.3, 0.4) is 0 Å². The summed E-state index contributed by atoms with van der Waals surface area (Å²) in [6.07, 6.45) is 0.724. The molecule has 0 spiro atoms. The molecule has 0 saturated carbocycles. The fraction of sp³-hybridized carbons (Fsp3) is 0.333. The van der Waals surface area contributed by atoms with E-state index in [1.807, 2.05) is 0 Å². The molecule has 0 unspecified atom stereocenters. The van der Waals surface area contributed by atoms with Gasteiger partial charge in [-0.2, -0.15) is 0 Å². The summed E-state index contributed by atoms with van der Waals surface area (Å²) < 4.78 is 14.3. The van der Waals surface area contributed by atoms with Gasteiger partial charge in [0.05, 0.1) is 16.9 Å². The minimum Gasteiger partial charge on any atom is -0.477 e. The number of carbonyl (C=O) groups is 4. The van der Waals surface area contributed by atoms with Crippen LogP contribution in [0.5, 0.6) is 0 Å². The lowest BCUT2D eigenvalue weighted by molar-refractivity contribution is -0.385. The van der Waals surface area contributed by atoms with Crippen LogP contribution >= 0.6 is 11.6 Å². The molecular weight excluding hydrogens is 511 g/mol. The lowest BCUT2D eigenvalue weighted by Gasteiger charge is -2.26. The number of nitrogens with one attached hydrogen (secondary N) is 2. The van der Waals surface area contributed by atoms with Crippen molar-refractivity contribution in [1.82, 2.24) is 15.5 Å². The highest BCUT2D eigenvalue weighted by Gasteiger charge is 2.35. The standard InChI is InChI=1S/C24H24ClFN4O7/c1-2-3-19(13-4-6-17(23(33)34)20(10-13)30(36)37)28-24(35)29-12-21(31)27-11-15(22(29)32)8-14-9-16(25)5-7-18(14)26/h4-7,9-10,15,19H,2-3,8,11-12H2,1H3,(H,27,31)(H,28,35)(H,33,34)/t15-,19-/m1/s1. The Morgan fingerprint density at radius 1 is 1.30 bits per heavy atom. The third-order valence-corrected chi connectivity index (χ3v) is 6.14. The van der Waals surface area contributed by atoms with Crippen LogP contribution in [0.25, 0.3) is 0 Å². The number of carbonyl (C=O) groups excluding carboxylic acids is 3. The van der Waals surface area contributed by atoms with Gasteiger partial charge in [0, 0.05) is 17.6 Å². The third kappa shape index (κ3) is 6.58. The number of carboxylic acids is 1. The number of rotatable bonds is 8. The predicted molar refractivity (Wildman–Crippen MR) is 130 cm³/mol. The van der Waals surface area contributed by atoms with Gasteiger partial charge in [0.1, 0.15) is 17.9 Å². The van der Waals surface area contributed by atoms with Crippen molar-refractivity contribution in [3.8, 4) is 0 Å². The average molecular weight is 535 g/mol. The number of nitro groups is 1. The maximum atomic E-state index is 14.3. The van der Waals surface area contributed by atoms with E-state index in [0.29, 0.717) is 12.8 Å². The van der Waals surface area contributed by atoms with Crippen LogP contribution in [-0.2, 0) is 16.0 Å². The smallest absolute Gasteiger partial charge is 0.342 e. The number of imide groups is 1. The summed E-state index contributed by atoms with van der Waals surface area (Å²) in [5.41, 5.74) is -0.742. The SMILES string of the molecule is CCC[C@@H](NC(=O)N1CC(=O)NC[C@@H](Cc2cc(Cl)ccc2F)C1=O)c1ccc(C(=O)O)c([N+](=O)[O-])c1. The number of hydrogen-bond donors (Lipinski definition) is 3. The number of nitrogens with zero attached hydrogens (tertiary/aromatic N) is 2. The number of aromatic carboxylic acids is 1. The molecule has 11 nitrogen and oxygen atoms in total. The molecule has 4 amide bonds. The van der Waals surface area contributed by atoms with E-state index >= 15 is 0 Å². The number of nitro benzene ring substituents is 1. The molecule has 2 aromatic carbocycles. The number of carboxylic acid groups (broad SMARTS) is 1. The Morgan fingerprint density at radius 3 is 2.68 bits per heavy atom. The summed E-state index contributed by atoms with van der Waals surface area (Å²) in [5.74, 6) is -4.31. The first-order chi connectivity index (χ1) is 17.5. The molecule has 1 aliphatic heterocycles. The summed E-state index contributed by atoms with van der Waals surface area (Å²) in [7, 11) is 0. The first-order valence-electron chi connectivity index (χ1n) is 11.4. The van der Waals surface area contributed by atoms with Crippen LogP contribution in [0, 0.1) is 21.8 Å². The lowest BCUT2D eigenvalue weighted by Crippen LogP contribution is -2.48. The second-order valence-corrected chi connectivity index (χ2v) is 8.93. The Kier molecular flexibility index (Phi) is 8.77. The number of urea groups is 1. The van der Waals surface area contributed by atoms with E-state index in [1.165, 1.54) is 18.2 Å². The average Bonchev–Trinajstić information content (AvgIpc) is 2.99. The van der Waals surface area contributed by atoms with Crippen LogP contribution in [0.2, 0.25) is 5.02 Å². The normalized spacial score (nSPS) is 16.5. The minimum absolute atomic E-state index is 0.115. The first kappa shape index (κ1) is 27.5. The highest BCUT2D eigenvalue weighted by atomic mass is 35.5. The van der Waals surface area contributed by atoms with Crippen molar-refractivity contribution in [1.29, 1.82) is 0 Å². The maximum Gasteiger partial charge on any atom is 0.342 e. The highest BCUT2D eigenvalue weighted by Crippen LogP contribution is 2.27. The molecule has 0 aromatic heterocycles. The van der Waals surface area contributed by atoms with Crippen molar-refractivity contribution >= 4 is 41.1 Å². The van der Waals surface area contributed by atoms with Crippen molar-refractivity contribution in [2.45, 2.75) is 32.2 Å². The Morgan fingerprint density at radius 2 is 2.03 bits per heavy atom. The predicted octanol–water partition coefficient (Wildman–Crippen LogP) is 3.45. The number of halogens is 2. The molecule has 37 heavy (non-hydrogen) atoms. The molecule has 2 atom stereocenters. The van der Waals surface area contributed by atoms with Gasteiger partial charge in [-0.25, -0.2) is 14.0 Å². The Hall–Kier alpha value is -4.06. The van der Waals surface area contributed by atoms with Crippen LogP contribution < -0.4 is 10.6 Å². The van der Waals surface area contributed by atoms with Gasteiger partial charge in [-0.3, -0.25) is 24.6 Å². The molecule has 196 valence electrons. The molecule has 0 aliphatic carbocycles.